The largest absolute Gasteiger partial charge is 0.496 e. The highest BCUT2D eigenvalue weighted by Gasteiger charge is 2.30. The molecule has 6 nitrogen and oxygen atoms in total. The van der Waals surface area contributed by atoms with Crippen LogP contribution in [0.15, 0.2) is 18.2 Å². The Labute approximate surface area is 121 Å². The fraction of sp³-hybridized carbons (Fsp3) is 0.429. The number of hydrogen-bond acceptors (Lipinski definition) is 4. The zero-order valence-corrected chi connectivity index (χ0v) is 12.1. The molecule has 1 aromatic rings. The highest BCUT2D eigenvalue weighted by Crippen LogP contribution is 2.21. The molecular weight excluding hydrogens is 281 g/mol. The molecule has 0 radical (unpaired) electrons. The van der Waals surface area contributed by atoms with E-state index < -0.39 is 23.2 Å². The molecule has 0 bridgehead atoms. The van der Waals surface area contributed by atoms with Crippen LogP contribution in [0.4, 0.5) is 4.39 Å². The summed E-state index contributed by atoms with van der Waals surface area (Å²) < 4.78 is 23.2. The van der Waals surface area contributed by atoms with Gasteiger partial charge in [-0.3, -0.25) is 9.59 Å². The standard InChI is InChI=1S/C14H18FNO5/c1-14(8-20-2,7-12(17)18)16-13(19)10-6-9(15)4-5-11(10)21-3/h4-6H,7-8H2,1-3H3,(H,16,19)(H,17,18). The van der Waals surface area contributed by atoms with E-state index >= 15 is 0 Å². The topological polar surface area (TPSA) is 84.9 Å². The van der Waals surface area contributed by atoms with Crippen LogP contribution in [0.5, 0.6) is 5.75 Å². The molecule has 2 N–H and O–H groups in total. The van der Waals surface area contributed by atoms with E-state index in [1.54, 1.807) is 0 Å². The van der Waals surface area contributed by atoms with Gasteiger partial charge >= 0.3 is 5.97 Å². The maximum Gasteiger partial charge on any atom is 0.305 e. The van der Waals surface area contributed by atoms with Gasteiger partial charge in [0.1, 0.15) is 11.6 Å². The zero-order chi connectivity index (χ0) is 16.0. The second-order valence-electron chi connectivity index (χ2n) is 4.86. The molecule has 0 heterocycles. The van der Waals surface area contributed by atoms with E-state index in [0.717, 1.165) is 6.07 Å². The zero-order valence-electron chi connectivity index (χ0n) is 12.1. The lowest BCUT2D eigenvalue weighted by Crippen LogP contribution is -2.50. The van der Waals surface area contributed by atoms with Crippen LogP contribution in [0.1, 0.15) is 23.7 Å². The molecule has 0 aliphatic heterocycles. The number of methoxy groups -OCH3 is 2. The SMILES string of the molecule is COCC(C)(CC(=O)O)NC(=O)c1cc(F)ccc1OC. The Hall–Kier alpha value is -2.15. The van der Waals surface area contributed by atoms with Crippen LogP contribution in [-0.2, 0) is 9.53 Å². The number of carbonyl (C=O) groups excluding carboxylic acids is 1. The minimum atomic E-state index is -1.12. The van der Waals surface area contributed by atoms with Gasteiger partial charge in [-0.1, -0.05) is 0 Å². The summed E-state index contributed by atoms with van der Waals surface area (Å²) in [5.74, 6) is -2.11. The lowest BCUT2D eigenvalue weighted by atomic mass is 9.98. The Morgan fingerprint density at radius 1 is 1.38 bits per heavy atom. The number of carboxylic acids is 1. The number of halogens is 1. The van der Waals surface area contributed by atoms with E-state index in [9.17, 15) is 14.0 Å². The molecule has 1 rings (SSSR count). The lowest BCUT2D eigenvalue weighted by Gasteiger charge is -2.28. The van der Waals surface area contributed by atoms with Crippen molar-refractivity contribution in [3.63, 3.8) is 0 Å². The first kappa shape index (κ1) is 16.9. The van der Waals surface area contributed by atoms with Gasteiger partial charge < -0.3 is 19.9 Å². The molecule has 1 atom stereocenters. The lowest BCUT2D eigenvalue weighted by molar-refractivity contribution is -0.139. The van der Waals surface area contributed by atoms with E-state index in [1.165, 1.54) is 33.3 Å². The number of amides is 1. The van der Waals surface area contributed by atoms with Gasteiger partial charge in [0.05, 0.1) is 31.2 Å². The molecule has 1 unspecified atom stereocenters. The number of aliphatic carboxylic acids is 1. The van der Waals surface area contributed by atoms with Crippen molar-refractivity contribution < 1.29 is 28.6 Å². The summed E-state index contributed by atoms with van der Waals surface area (Å²) in [6.07, 6.45) is -0.329. The van der Waals surface area contributed by atoms with E-state index in [4.69, 9.17) is 14.6 Å². The molecule has 1 aromatic carbocycles. The Morgan fingerprint density at radius 2 is 2.05 bits per heavy atom. The van der Waals surface area contributed by atoms with Crippen molar-refractivity contribution in [2.24, 2.45) is 0 Å². The van der Waals surface area contributed by atoms with Crippen molar-refractivity contribution in [2.75, 3.05) is 20.8 Å². The molecule has 1 amide bonds. The van der Waals surface area contributed by atoms with Crippen LogP contribution < -0.4 is 10.1 Å². The van der Waals surface area contributed by atoms with Crippen LogP contribution in [0.3, 0.4) is 0 Å². The molecule has 21 heavy (non-hydrogen) atoms. The number of nitrogens with one attached hydrogen (secondary N) is 1. The van der Waals surface area contributed by atoms with E-state index in [0.29, 0.717) is 0 Å². The number of carboxylic acid groups (broad SMARTS) is 1. The van der Waals surface area contributed by atoms with Gasteiger partial charge in [0.25, 0.3) is 5.91 Å². The van der Waals surface area contributed by atoms with Crippen molar-refractivity contribution >= 4 is 11.9 Å². The third kappa shape index (κ3) is 4.71. The van der Waals surface area contributed by atoms with E-state index in [1.807, 2.05) is 0 Å². The molecule has 0 fully saturated rings. The Kier molecular flexibility index (Phi) is 5.66. The summed E-state index contributed by atoms with van der Waals surface area (Å²) >= 11 is 0. The molecule has 0 aliphatic carbocycles. The second-order valence-corrected chi connectivity index (χ2v) is 4.86. The molecule has 0 spiro atoms. The van der Waals surface area contributed by atoms with Gasteiger partial charge in [-0.15, -0.1) is 0 Å². The van der Waals surface area contributed by atoms with Gasteiger partial charge in [-0.2, -0.15) is 0 Å². The maximum absolute atomic E-state index is 13.3. The first-order valence-electron chi connectivity index (χ1n) is 6.18. The second kappa shape index (κ2) is 7.03. The first-order valence-corrected chi connectivity index (χ1v) is 6.18. The van der Waals surface area contributed by atoms with Gasteiger partial charge in [0, 0.05) is 7.11 Å². The number of ether oxygens (including phenoxy) is 2. The summed E-state index contributed by atoms with van der Waals surface area (Å²) in [4.78, 5) is 23.1. The highest BCUT2D eigenvalue weighted by molar-refractivity contribution is 5.97. The molecule has 0 saturated heterocycles. The third-order valence-corrected chi connectivity index (χ3v) is 2.83. The van der Waals surface area contributed by atoms with Crippen LogP contribution >= 0.6 is 0 Å². The van der Waals surface area contributed by atoms with Crippen LogP contribution in [0.25, 0.3) is 0 Å². The van der Waals surface area contributed by atoms with Gasteiger partial charge in [-0.05, 0) is 25.1 Å². The highest BCUT2D eigenvalue weighted by atomic mass is 19.1. The summed E-state index contributed by atoms with van der Waals surface area (Å²) in [5, 5.41) is 11.5. The molecule has 0 aliphatic rings. The summed E-state index contributed by atoms with van der Waals surface area (Å²) in [6.45, 7) is 1.54. The third-order valence-electron chi connectivity index (χ3n) is 2.83. The van der Waals surface area contributed by atoms with E-state index in [-0.39, 0.29) is 24.3 Å². The average Bonchev–Trinajstić information content (AvgIpc) is 2.37. The normalized spacial score (nSPS) is 13.3. The van der Waals surface area contributed by atoms with Crippen molar-refractivity contribution in [3.8, 4) is 5.75 Å². The Bertz CT molecular complexity index is 534. The molecule has 0 aromatic heterocycles. The summed E-state index contributed by atoms with van der Waals surface area (Å²) in [6, 6.07) is 3.53. The molecule has 116 valence electrons. The Morgan fingerprint density at radius 3 is 2.57 bits per heavy atom. The fourth-order valence-corrected chi connectivity index (χ4v) is 1.98. The van der Waals surface area contributed by atoms with Crippen molar-refractivity contribution in [2.45, 2.75) is 18.9 Å². The van der Waals surface area contributed by atoms with Crippen molar-refractivity contribution in [3.05, 3.63) is 29.6 Å². The fourth-order valence-electron chi connectivity index (χ4n) is 1.98. The number of carbonyl (C=O) groups is 2. The number of rotatable bonds is 7. The van der Waals surface area contributed by atoms with Crippen molar-refractivity contribution in [1.82, 2.24) is 5.32 Å². The number of benzene rings is 1. The molecule has 7 heteroatoms. The van der Waals surface area contributed by atoms with Crippen LogP contribution in [0, 0.1) is 5.82 Å². The smallest absolute Gasteiger partial charge is 0.305 e. The molecular formula is C14H18FNO5. The van der Waals surface area contributed by atoms with Gasteiger partial charge in [0.15, 0.2) is 0 Å². The minimum absolute atomic E-state index is 0.00265. The Balaban J connectivity index is 3.01. The van der Waals surface area contributed by atoms with Crippen LogP contribution in [0.2, 0.25) is 0 Å². The summed E-state index contributed by atoms with van der Waals surface area (Å²) in [5.41, 5.74) is -1.13. The minimum Gasteiger partial charge on any atom is -0.496 e. The van der Waals surface area contributed by atoms with E-state index in [2.05, 4.69) is 5.32 Å². The average molecular weight is 299 g/mol. The van der Waals surface area contributed by atoms with Gasteiger partial charge in [-0.25, -0.2) is 4.39 Å². The first-order chi connectivity index (χ1) is 9.81. The van der Waals surface area contributed by atoms with Crippen LogP contribution in [-0.4, -0.2) is 43.3 Å². The van der Waals surface area contributed by atoms with Crippen molar-refractivity contribution in [1.29, 1.82) is 0 Å². The quantitative estimate of drug-likeness (QED) is 0.796. The predicted molar refractivity (Wildman–Crippen MR) is 73.0 cm³/mol. The maximum atomic E-state index is 13.3. The summed E-state index contributed by atoms with van der Waals surface area (Å²) in [7, 11) is 2.75. The predicted octanol–water partition coefficient (Wildman–Crippen LogP) is 1.44. The molecule has 0 saturated carbocycles. The van der Waals surface area contributed by atoms with Gasteiger partial charge in [0.2, 0.25) is 0 Å². The monoisotopic (exact) mass is 299 g/mol. The number of hydrogen-bond donors (Lipinski definition) is 2.